The SMILES string of the molecule is CC(C)(C)c1nc2c(C(=O)O)cccc2n1CO[Si](c1ccccc1)c1ccccc1. The van der Waals surface area contributed by atoms with Crippen LogP contribution in [0.3, 0.4) is 0 Å². The van der Waals surface area contributed by atoms with Gasteiger partial charge in [0.05, 0.1) is 11.1 Å². The summed E-state index contributed by atoms with van der Waals surface area (Å²) in [6.45, 7) is 6.52. The molecule has 0 amide bonds. The van der Waals surface area contributed by atoms with Crippen molar-refractivity contribution in [1.82, 2.24) is 9.55 Å². The van der Waals surface area contributed by atoms with Crippen molar-refractivity contribution in [1.29, 1.82) is 0 Å². The van der Waals surface area contributed by atoms with Gasteiger partial charge in [-0.1, -0.05) is 87.5 Å². The summed E-state index contributed by atoms with van der Waals surface area (Å²) < 4.78 is 8.59. The predicted octanol–water partition coefficient (Wildman–Crippen LogP) is 3.81. The summed E-state index contributed by atoms with van der Waals surface area (Å²) >= 11 is 0. The number of para-hydroxylation sites is 1. The summed E-state index contributed by atoms with van der Waals surface area (Å²) in [5.41, 5.74) is 1.20. The Morgan fingerprint density at radius 2 is 1.52 bits per heavy atom. The van der Waals surface area contributed by atoms with Crippen molar-refractivity contribution >= 4 is 36.4 Å². The average molecular weight is 430 g/mol. The molecule has 1 heterocycles. The number of benzene rings is 3. The molecular formula is C25H25N2O3Si. The highest BCUT2D eigenvalue weighted by Crippen LogP contribution is 2.28. The number of hydrogen-bond donors (Lipinski definition) is 1. The molecule has 5 nitrogen and oxygen atoms in total. The molecule has 31 heavy (non-hydrogen) atoms. The van der Waals surface area contributed by atoms with Crippen molar-refractivity contribution in [2.45, 2.75) is 32.9 Å². The van der Waals surface area contributed by atoms with Gasteiger partial charge in [-0.15, -0.1) is 0 Å². The van der Waals surface area contributed by atoms with Gasteiger partial charge in [-0.2, -0.15) is 0 Å². The Bertz CT molecular complexity index is 1160. The van der Waals surface area contributed by atoms with Crippen LogP contribution < -0.4 is 10.4 Å². The molecule has 0 aliphatic carbocycles. The number of rotatable bonds is 6. The zero-order chi connectivity index (χ0) is 22.0. The van der Waals surface area contributed by atoms with E-state index in [4.69, 9.17) is 9.41 Å². The molecule has 0 saturated carbocycles. The molecule has 4 rings (SSSR count). The van der Waals surface area contributed by atoms with Crippen LogP contribution in [-0.4, -0.2) is 29.7 Å². The molecule has 1 N–H and O–H groups in total. The second-order valence-electron chi connectivity index (χ2n) is 8.43. The Kier molecular flexibility index (Phi) is 5.76. The van der Waals surface area contributed by atoms with E-state index in [2.05, 4.69) is 45.0 Å². The predicted molar refractivity (Wildman–Crippen MR) is 124 cm³/mol. The van der Waals surface area contributed by atoms with E-state index in [0.717, 1.165) is 21.7 Å². The van der Waals surface area contributed by atoms with E-state index < -0.39 is 15.0 Å². The van der Waals surface area contributed by atoms with E-state index in [-0.39, 0.29) is 11.0 Å². The lowest BCUT2D eigenvalue weighted by atomic mass is 9.96. The van der Waals surface area contributed by atoms with Gasteiger partial charge in [-0.3, -0.25) is 0 Å². The van der Waals surface area contributed by atoms with Crippen molar-refractivity contribution in [3.05, 3.63) is 90.3 Å². The highest BCUT2D eigenvalue weighted by atomic mass is 28.3. The maximum Gasteiger partial charge on any atom is 0.337 e. The smallest absolute Gasteiger partial charge is 0.337 e. The van der Waals surface area contributed by atoms with Crippen LogP contribution in [0.2, 0.25) is 0 Å². The van der Waals surface area contributed by atoms with Crippen molar-refractivity contribution in [2.24, 2.45) is 0 Å². The Morgan fingerprint density at radius 3 is 2.03 bits per heavy atom. The molecule has 0 saturated heterocycles. The third kappa shape index (κ3) is 4.31. The Labute approximate surface area is 183 Å². The van der Waals surface area contributed by atoms with Gasteiger partial charge in [0.25, 0.3) is 9.04 Å². The number of aromatic nitrogens is 2. The molecule has 0 aliphatic heterocycles. The minimum absolute atomic E-state index is 0.207. The molecule has 157 valence electrons. The lowest BCUT2D eigenvalue weighted by molar-refractivity contribution is 0.0699. The largest absolute Gasteiger partial charge is 0.478 e. The van der Waals surface area contributed by atoms with E-state index in [9.17, 15) is 9.90 Å². The molecule has 1 radical (unpaired) electrons. The molecule has 0 fully saturated rings. The maximum atomic E-state index is 11.7. The molecule has 0 spiro atoms. The van der Waals surface area contributed by atoms with Crippen LogP contribution in [0.25, 0.3) is 11.0 Å². The van der Waals surface area contributed by atoms with Gasteiger partial charge < -0.3 is 14.1 Å². The summed E-state index contributed by atoms with van der Waals surface area (Å²) in [6.07, 6.45) is 0. The topological polar surface area (TPSA) is 64.3 Å². The van der Waals surface area contributed by atoms with Crippen molar-refractivity contribution < 1.29 is 14.3 Å². The Morgan fingerprint density at radius 1 is 0.935 bits per heavy atom. The second kappa shape index (κ2) is 8.49. The van der Waals surface area contributed by atoms with Crippen molar-refractivity contribution in [3.63, 3.8) is 0 Å². The minimum atomic E-state index is -1.50. The van der Waals surface area contributed by atoms with Crippen LogP contribution in [-0.2, 0) is 16.6 Å². The first-order valence-corrected chi connectivity index (χ1v) is 11.6. The van der Waals surface area contributed by atoms with E-state index in [1.807, 2.05) is 47.0 Å². The summed E-state index contributed by atoms with van der Waals surface area (Å²) in [5, 5.41) is 11.9. The van der Waals surface area contributed by atoms with Crippen LogP contribution in [0.4, 0.5) is 0 Å². The van der Waals surface area contributed by atoms with Crippen LogP contribution in [0.5, 0.6) is 0 Å². The Hall–Kier alpha value is -3.22. The summed E-state index contributed by atoms with van der Waals surface area (Å²) in [6, 6.07) is 25.8. The number of carbonyl (C=O) groups is 1. The van der Waals surface area contributed by atoms with Gasteiger partial charge in [-0.25, -0.2) is 9.78 Å². The molecule has 6 heteroatoms. The zero-order valence-corrected chi connectivity index (χ0v) is 18.9. The van der Waals surface area contributed by atoms with Gasteiger partial charge in [0.15, 0.2) is 0 Å². The van der Waals surface area contributed by atoms with Crippen LogP contribution in [0.15, 0.2) is 78.9 Å². The van der Waals surface area contributed by atoms with Crippen LogP contribution in [0, 0.1) is 0 Å². The maximum absolute atomic E-state index is 11.7. The summed E-state index contributed by atoms with van der Waals surface area (Å²) in [4.78, 5) is 16.5. The quantitative estimate of drug-likeness (QED) is 0.474. The molecular weight excluding hydrogens is 404 g/mol. The van der Waals surface area contributed by atoms with Gasteiger partial charge in [-0.05, 0) is 22.5 Å². The number of nitrogens with zero attached hydrogens (tertiary/aromatic N) is 2. The van der Waals surface area contributed by atoms with Gasteiger partial charge in [0, 0.05) is 5.41 Å². The number of hydrogen-bond acceptors (Lipinski definition) is 3. The highest BCUT2D eigenvalue weighted by molar-refractivity contribution is 6.79. The fourth-order valence-electron chi connectivity index (χ4n) is 3.66. The lowest BCUT2D eigenvalue weighted by Crippen LogP contribution is -2.45. The molecule has 4 aromatic rings. The molecule has 0 unspecified atom stereocenters. The van der Waals surface area contributed by atoms with Gasteiger partial charge in [0.2, 0.25) is 0 Å². The molecule has 3 aromatic carbocycles. The van der Waals surface area contributed by atoms with E-state index in [1.165, 1.54) is 0 Å². The third-order valence-electron chi connectivity index (χ3n) is 5.09. The van der Waals surface area contributed by atoms with Gasteiger partial charge >= 0.3 is 5.97 Å². The molecule has 0 aliphatic rings. The van der Waals surface area contributed by atoms with Gasteiger partial charge in [0.1, 0.15) is 18.1 Å². The third-order valence-corrected chi connectivity index (χ3v) is 7.22. The highest BCUT2D eigenvalue weighted by Gasteiger charge is 2.27. The first-order valence-electron chi connectivity index (χ1n) is 10.2. The normalized spacial score (nSPS) is 11.9. The van der Waals surface area contributed by atoms with Crippen molar-refractivity contribution in [2.75, 3.05) is 0 Å². The number of carboxylic acids is 1. The van der Waals surface area contributed by atoms with Crippen molar-refractivity contribution in [3.8, 4) is 0 Å². The Balaban J connectivity index is 1.78. The fourth-order valence-corrected chi connectivity index (χ4v) is 5.58. The number of imidazole rings is 1. The average Bonchev–Trinajstić information content (AvgIpc) is 3.15. The number of carboxylic acid groups (broad SMARTS) is 1. The minimum Gasteiger partial charge on any atom is -0.478 e. The van der Waals surface area contributed by atoms with E-state index in [0.29, 0.717) is 12.2 Å². The molecule has 0 atom stereocenters. The number of fused-ring (bicyclic) bond motifs is 1. The first-order chi connectivity index (χ1) is 14.9. The monoisotopic (exact) mass is 429 g/mol. The van der Waals surface area contributed by atoms with E-state index in [1.54, 1.807) is 12.1 Å². The lowest BCUT2D eigenvalue weighted by Gasteiger charge is -2.22. The standard InChI is InChI=1S/C25H25N2O3Si/c1-25(2,3)24-26-22-20(23(28)29)15-10-16-21(22)27(24)17-30-31(18-11-6-4-7-12-18)19-13-8-5-9-14-19/h4-16H,17H2,1-3H3,(H,28,29). The fraction of sp³-hybridized carbons (Fsp3) is 0.200. The zero-order valence-electron chi connectivity index (χ0n) is 17.9. The summed E-state index contributed by atoms with van der Waals surface area (Å²) in [7, 11) is -1.50. The summed E-state index contributed by atoms with van der Waals surface area (Å²) in [5.74, 6) is -0.173. The van der Waals surface area contributed by atoms with E-state index >= 15 is 0 Å². The first kappa shape index (κ1) is 21.0. The number of aromatic carboxylic acids is 1. The molecule has 0 bridgehead atoms. The van der Waals surface area contributed by atoms with Crippen LogP contribution in [0.1, 0.15) is 37.0 Å². The van der Waals surface area contributed by atoms with Crippen LogP contribution >= 0.6 is 0 Å². The second-order valence-corrected chi connectivity index (χ2v) is 10.5. The molecule has 1 aromatic heterocycles.